The van der Waals surface area contributed by atoms with Crippen molar-refractivity contribution in [2.24, 2.45) is 0 Å². The molecule has 0 heterocycles. The molecule has 0 aliphatic heterocycles. The maximum absolute atomic E-state index is 5.85. The van der Waals surface area contributed by atoms with Gasteiger partial charge in [-0.25, -0.2) is 0 Å². The number of methoxy groups -OCH3 is 1. The molecule has 0 atom stereocenters. The Morgan fingerprint density at radius 2 is 1.79 bits per heavy atom. The van der Waals surface area contributed by atoms with Crippen LogP contribution in [-0.4, -0.2) is 19.0 Å². The largest absolute Gasteiger partial charge is 0.497 e. The van der Waals surface area contributed by atoms with Crippen molar-refractivity contribution in [2.75, 3.05) is 19.0 Å². The molecule has 0 spiro atoms. The van der Waals surface area contributed by atoms with Crippen molar-refractivity contribution >= 4 is 15.9 Å². The Labute approximate surface area is 122 Å². The number of hydrogen-bond acceptors (Lipinski definition) is 2. The standard InChI is InChI=1S/C16H17BrO2/c1-12-4-3-5-15(16(12)19-11-10-17)13-6-8-14(18-2)9-7-13/h3-9H,10-11H2,1-2H3. The molecule has 3 heteroatoms. The monoisotopic (exact) mass is 320 g/mol. The van der Waals surface area contributed by atoms with Crippen LogP contribution in [0.4, 0.5) is 0 Å². The van der Waals surface area contributed by atoms with E-state index in [1.807, 2.05) is 12.1 Å². The molecule has 100 valence electrons. The number of alkyl halides is 1. The maximum atomic E-state index is 5.85. The van der Waals surface area contributed by atoms with Crippen LogP contribution in [0.25, 0.3) is 11.1 Å². The highest BCUT2D eigenvalue weighted by Gasteiger charge is 2.09. The molecule has 0 N–H and O–H groups in total. The van der Waals surface area contributed by atoms with E-state index in [1.165, 1.54) is 0 Å². The molecule has 2 rings (SSSR count). The van der Waals surface area contributed by atoms with Gasteiger partial charge in [-0.15, -0.1) is 0 Å². The van der Waals surface area contributed by atoms with E-state index in [0.29, 0.717) is 6.61 Å². The molecule has 0 aromatic heterocycles. The number of hydrogen-bond donors (Lipinski definition) is 0. The SMILES string of the molecule is COc1ccc(-c2cccc(C)c2OCCBr)cc1. The minimum Gasteiger partial charge on any atom is -0.497 e. The lowest BCUT2D eigenvalue weighted by atomic mass is 10.0. The first-order chi connectivity index (χ1) is 9.26. The van der Waals surface area contributed by atoms with Crippen molar-refractivity contribution in [3.05, 3.63) is 48.0 Å². The first-order valence-corrected chi connectivity index (χ1v) is 7.31. The number of para-hydroxylation sites is 1. The molecule has 0 amide bonds. The second kappa shape index (κ2) is 6.62. The summed E-state index contributed by atoms with van der Waals surface area (Å²) in [6, 6.07) is 14.2. The van der Waals surface area contributed by atoms with Crippen molar-refractivity contribution in [1.29, 1.82) is 0 Å². The van der Waals surface area contributed by atoms with Gasteiger partial charge in [-0.05, 0) is 30.2 Å². The van der Waals surface area contributed by atoms with Crippen LogP contribution in [-0.2, 0) is 0 Å². The molecule has 0 aliphatic rings. The van der Waals surface area contributed by atoms with Crippen molar-refractivity contribution in [1.82, 2.24) is 0 Å². The number of halogens is 1. The highest BCUT2D eigenvalue weighted by molar-refractivity contribution is 9.09. The van der Waals surface area contributed by atoms with Gasteiger partial charge < -0.3 is 9.47 Å². The number of aryl methyl sites for hydroxylation is 1. The van der Waals surface area contributed by atoms with Crippen LogP contribution >= 0.6 is 15.9 Å². The lowest BCUT2D eigenvalue weighted by Crippen LogP contribution is -2.01. The third kappa shape index (κ3) is 3.29. The summed E-state index contributed by atoms with van der Waals surface area (Å²) in [4.78, 5) is 0. The predicted molar refractivity (Wildman–Crippen MR) is 82.5 cm³/mol. The molecule has 0 unspecified atom stereocenters. The number of ether oxygens (including phenoxy) is 2. The van der Waals surface area contributed by atoms with Crippen molar-refractivity contribution in [3.8, 4) is 22.6 Å². The Morgan fingerprint density at radius 3 is 2.42 bits per heavy atom. The van der Waals surface area contributed by atoms with E-state index < -0.39 is 0 Å². The van der Waals surface area contributed by atoms with Gasteiger partial charge in [0.25, 0.3) is 0 Å². The summed E-state index contributed by atoms with van der Waals surface area (Å²) in [5.74, 6) is 1.81. The van der Waals surface area contributed by atoms with Crippen molar-refractivity contribution < 1.29 is 9.47 Å². The fourth-order valence-corrected chi connectivity index (χ4v) is 2.14. The van der Waals surface area contributed by atoms with Crippen LogP contribution in [0.3, 0.4) is 0 Å². The van der Waals surface area contributed by atoms with E-state index in [0.717, 1.165) is 33.5 Å². The molecular weight excluding hydrogens is 304 g/mol. The molecule has 2 aromatic carbocycles. The van der Waals surface area contributed by atoms with Gasteiger partial charge in [0.05, 0.1) is 13.7 Å². The average molecular weight is 321 g/mol. The maximum Gasteiger partial charge on any atom is 0.130 e. The van der Waals surface area contributed by atoms with Gasteiger partial charge in [0.2, 0.25) is 0 Å². The summed E-state index contributed by atoms with van der Waals surface area (Å²) in [6.45, 7) is 2.73. The van der Waals surface area contributed by atoms with Crippen molar-refractivity contribution in [2.45, 2.75) is 6.92 Å². The summed E-state index contributed by atoms with van der Waals surface area (Å²) >= 11 is 3.39. The summed E-state index contributed by atoms with van der Waals surface area (Å²) in [6.07, 6.45) is 0. The molecule has 0 aliphatic carbocycles. The van der Waals surface area contributed by atoms with Crippen molar-refractivity contribution in [3.63, 3.8) is 0 Å². The topological polar surface area (TPSA) is 18.5 Å². The molecule has 19 heavy (non-hydrogen) atoms. The van der Waals surface area contributed by atoms with Gasteiger partial charge >= 0.3 is 0 Å². The zero-order valence-corrected chi connectivity index (χ0v) is 12.7. The molecule has 2 nitrogen and oxygen atoms in total. The van der Waals surface area contributed by atoms with E-state index in [4.69, 9.17) is 9.47 Å². The molecule has 0 saturated heterocycles. The fraction of sp³-hybridized carbons (Fsp3) is 0.250. The zero-order valence-electron chi connectivity index (χ0n) is 11.2. The predicted octanol–water partition coefficient (Wildman–Crippen LogP) is 4.44. The summed E-state index contributed by atoms with van der Waals surface area (Å²) in [7, 11) is 1.67. The Bertz CT molecular complexity index is 535. The van der Waals surface area contributed by atoms with Crippen LogP contribution in [0.15, 0.2) is 42.5 Å². The summed E-state index contributed by atoms with van der Waals surface area (Å²) in [5.41, 5.74) is 3.40. The van der Waals surface area contributed by atoms with E-state index in [1.54, 1.807) is 7.11 Å². The smallest absolute Gasteiger partial charge is 0.130 e. The van der Waals surface area contributed by atoms with E-state index in [2.05, 4.69) is 53.2 Å². The number of benzene rings is 2. The fourth-order valence-electron chi connectivity index (χ4n) is 1.98. The van der Waals surface area contributed by atoms with Gasteiger partial charge in [-0.3, -0.25) is 0 Å². The first kappa shape index (κ1) is 13.9. The van der Waals surface area contributed by atoms with Crippen LogP contribution in [0.2, 0.25) is 0 Å². The summed E-state index contributed by atoms with van der Waals surface area (Å²) < 4.78 is 11.0. The molecule has 0 radical (unpaired) electrons. The van der Waals surface area contributed by atoms with E-state index in [9.17, 15) is 0 Å². The van der Waals surface area contributed by atoms with Crippen LogP contribution in [0, 0.1) is 6.92 Å². The first-order valence-electron chi connectivity index (χ1n) is 6.19. The van der Waals surface area contributed by atoms with Crippen LogP contribution < -0.4 is 9.47 Å². The molecule has 0 fully saturated rings. The Balaban J connectivity index is 2.39. The normalized spacial score (nSPS) is 10.3. The Morgan fingerprint density at radius 1 is 1.05 bits per heavy atom. The lowest BCUT2D eigenvalue weighted by molar-refractivity contribution is 0.344. The van der Waals surface area contributed by atoms with Gasteiger partial charge in [-0.2, -0.15) is 0 Å². The Hall–Kier alpha value is -1.48. The van der Waals surface area contributed by atoms with Gasteiger partial charge in [-0.1, -0.05) is 46.3 Å². The highest BCUT2D eigenvalue weighted by atomic mass is 79.9. The second-order valence-corrected chi connectivity index (χ2v) is 5.01. The molecule has 0 bridgehead atoms. The second-order valence-electron chi connectivity index (χ2n) is 4.22. The third-order valence-electron chi connectivity index (χ3n) is 2.94. The zero-order chi connectivity index (χ0) is 13.7. The molecule has 0 saturated carbocycles. The van der Waals surface area contributed by atoms with E-state index >= 15 is 0 Å². The van der Waals surface area contributed by atoms with Crippen LogP contribution in [0.1, 0.15) is 5.56 Å². The highest BCUT2D eigenvalue weighted by Crippen LogP contribution is 2.33. The van der Waals surface area contributed by atoms with Gasteiger partial charge in [0.1, 0.15) is 11.5 Å². The lowest BCUT2D eigenvalue weighted by Gasteiger charge is -2.14. The molecular formula is C16H17BrO2. The van der Waals surface area contributed by atoms with E-state index in [-0.39, 0.29) is 0 Å². The average Bonchev–Trinajstić information content (AvgIpc) is 2.46. The summed E-state index contributed by atoms with van der Waals surface area (Å²) in [5, 5.41) is 0.823. The minimum absolute atomic E-state index is 0.661. The van der Waals surface area contributed by atoms with Gasteiger partial charge in [0, 0.05) is 10.9 Å². The minimum atomic E-state index is 0.661. The molecule has 2 aromatic rings. The third-order valence-corrected chi connectivity index (χ3v) is 3.26. The van der Waals surface area contributed by atoms with Gasteiger partial charge in [0.15, 0.2) is 0 Å². The Kier molecular flexibility index (Phi) is 4.86. The number of rotatable bonds is 5. The quantitative estimate of drug-likeness (QED) is 0.758. The van der Waals surface area contributed by atoms with Crippen LogP contribution in [0.5, 0.6) is 11.5 Å².